The van der Waals surface area contributed by atoms with Crippen LogP contribution in [-0.2, 0) is 0 Å². The number of carbonyl (C=O) groups excluding carboxylic acids is 1. The van der Waals surface area contributed by atoms with Gasteiger partial charge in [0.2, 0.25) is 0 Å². The van der Waals surface area contributed by atoms with Crippen molar-refractivity contribution >= 4 is 5.91 Å². The highest BCUT2D eigenvalue weighted by Crippen LogP contribution is 1.98. The minimum atomic E-state index is -0.213. The Bertz CT molecular complexity index is 364. The Kier molecular flexibility index (Phi) is 3.19. The quantitative estimate of drug-likeness (QED) is 0.636. The third-order valence-electron chi connectivity index (χ3n) is 1.68. The summed E-state index contributed by atoms with van der Waals surface area (Å²) in [7, 11) is 1.63. The fraction of sp³-hybridized carbons (Fsp3) is 0.300. The molecule has 0 N–H and O–H groups in total. The molecule has 1 heterocycles. The standard InChI is InChI=1S/C10H11N3O/c1-4-5-13(3)10(14)9-7-11-8(2)6-12-9/h1,6-7H,5H2,2-3H3. The molecule has 1 aromatic rings. The molecule has 0 atom stereocenters. The van der Waals surface area contributed by atoms with Gasteiger partial charge in [-0.15, -0.1) is 6.42 Å². The first kappa shape index (κ1) is 10.2. The van der Waals surface area contributed by atoms with Crippen LogP contribution in [-0.4, -0.2) is 34.4 Å². The lowest BCUT2D eigenvalue weighted by Gasteiger charge is -2.12. The van der Waals surface area contributed by atoms with Crippen LogP contribution in [0.4, 0.5) is 0 Å². The van der Waals surface area contributed by atoms with Crippen molar-refractivity contribution in [3.8, 4) is 12.3 Å². The number of hydrogen-bond donors (Lipinski definition) is 0. The molecule has 0 radical (unpaired) electrons. The molecular formula is C10H11N3O. The van der Waals surface area contributed by atoms with Gasteiger partial charge in [0.1, 0.15) is 5.69 Å². The van der Waals surface area contributed by atoms with E-state index in [0.717, 1.165) is 5.69 Å². The van der Waals surface area contributed by atoms with Crippen molar-refractivity contribution in [3.63, 3.8) is 0 Å². The van der Waals surface area contributed by atoms with Crippen molar-refractivity contribution in [2.45, 2.75) is 6.92 Å². The zero-order chi connectivity index (χ0) is 10.6. The maximum absolute atomic E-state index is 11.6. The summed E-state index contributed by atoms with van der Waals surface area (Å²) in [5.41, 5.74) is 1.09. The number of terminal acetylenes is 1. The topological polar surface area (TPSA) is 46.1 Å². The molecule has 0 aliphatic heterocycles. The molecule has 1 amide bonds. The molecule has 0 bridgehead atoms. The van der Waals surface area contributed by atoms with Crippen LogP contribution in [0.3, 0.4) is 0 Å². The third kappa shape index (κ3) is 2.30. The van der Waals surface area contributed by atoms with Crippen LogP contribution in [0.2, 0.25) is 0 Å². The first-order valence-electron chi connectivity index (χ1n) is 4.12. The van der Waals surface area contributed by atoms with Crippen LogP contribution in [0.1, 0.15) is 16.2 Å². The van der Waals surface area contributed by atoms with Crippen molar-refractivity contribution in [1.82, 2.24) is 14.9 Å². The molecule has 0 saturated carbocycles. The number of hydrogen-bond acceptors (Lipinski definition) is 3. The Labute approximate surface area is 83.0 Å². The Morgan fingerprint density at radius 2 is 2.29 bits per heavy atom. The van der Waals surface area contributed by atoms with E-state index in [0.29, 0.717) is 5.69 Å². The van der Waals surface area contributed by atoms with E-state index < -0.39 is 0 Å². The van der Waals surface area contributed by atoms with E-state index in [2.05, 4.69) is 15.9 Å². The lowest BCUT2D eigenvalue weighted by atomic mass is 10.3. The van der Waals surface area contributed by atoms with Gasteiger partial charge in [0.25, 0.3) is 5.91 Å². The van der Waals surface area contributed by atoms with Crippen LogP contribution >= 0.6 is 0 Å². The maximum Gasteiger partial charge on any atom is 0.274 e. The molecule has 0 fully saturated rings. The Hall–Kier alpha value is -1.89. The summed E-state index contributed by atoms with van der Waals surface area (Å²) in [5.74, 6) is 2.17. The molecule has 1 rings (SSSR count). The molecule has 4 heteroatoms. The molecule has 0 aliphatic carbocycles. The van der Waals surface area contributed by atoms with Gasteiger partial charge in [0, 0.05) is 13.2 Å². The molecule has 72 valence electrons. The number of aromatic nitrogens is 2. The number of carbonyl (C=O) groups is 1. The van der Waals surface area contributed by atoms with Crippen LogP contribution in [0.15, 0.2) is 12.4 Å². The maximum atomic E-state index is 11.6. The van der Waals surface area contributed by atoms with Gasteiger partial charge in [-0.1, -0.05) is 5.92 Å². The van der Waals surface area contributed by atoms with Crippen molar-refractivity contribution in [2.75, 3.05) is 13.6 Å². The van der Waals surface area contributed by atoms with Gasteiger partial charge in [-0.05, 0) is 6.92 Å². The van der Waals surface area contributed by atoms with Gasteiger partial charge in [-0.25, -0.2) is 4.98 Å². The van der Waals surface area contributed by atoms with Crippen LogP contribution in [0.5, 0.6) is 0 Å². The van der Waals surface area contributed by atoms with E-state index in [1.54, 1.807) is 13.2 Å². The van der Waals surface area contributed by atoms with E-state index in [9.17, 15) is 4.79 Å². The monoisotopic (exact) mass is 189 g/mol. The third-order valence-corrected chi connectivity index (χ3v) is 1.68. The average Bonchev–Trinajstić information content (AvgIpc) is 2.18. The predicted octanol–water partition coefficient (Wildman–Crippen LogP) is 0.490. The normalized spacial score (nSPS) is 9.21. The zero-order valence-corrected chi connectivity index (χ0v) is 8.19. The summed E-state index contributed by atoms with van der Waals surface area (Å²) in [6.45, 7) is 2.08. The smallest absolute Gasteiger partial charge is 0.274 e. The van der Waals surface area contributed by atoms with E-state index in [4.69, 9.17) is 6.42 Å². The number of aryl methyl sites for hydroxylation is 1. The minimum absolute atomic E-state index is 0.213. The summed E-state index contributed by atoms with van der Waals surface area (Å²) in [6.07, 6.45) is 8.09. The second-order valence-electron chi connectivity index (χ2n) is 2.91. The first-order valence-corrected chi connectivity index (χ1v) is 4.12. The largest absolute Gasteiger partial charge is 0.329 e. The summed E-state index contributed by atoms with van der Waals surface area (Å²) < 4.78 is 0. The molecule has 14 heavy (non-hydrogen) atoms. The van der Waals surface area contributed by atoms with E-state index in [1.165, 1.54) is 11.1 Å². The molecular weight excluding hydrogens is 178 g/mol. The molecule has 4 nitrogen and oxygen atoms in total. The number of rotatable bonds is 2. The molecule has 0 saturated heterocycles. The van der Waals surface area contributed by atoms with E-state index in [-0.39, 0.29) is 12.5 Å². The summed E-state index contributed by atoms with van der Waals surface area (Å²) in [5, 5.41) is 0. The van der Waals surface area contributed by atoms with Crippen molar-refractivity contribution in [3.05, 3.63) is 23.8 Å². The molecule has 0 unspecified atom stereocenters. The van der Waals surface area contributed by atoms with Gasteiger partial charge < -0.3 is 4.90 Å². The molecule has 0 aromatic carbocycles. The summed E-state index contributed by atoms with van der Waals surface area (Å²) in [6, 6.07) is 0. The van der Waals surface area contributed by atoms with Gasteiger partial charge in [-0.2, -0.15) is 0 Å². The fourth-order valence-electron chi connectivity index (χ4n) is 0.907. The van der Waals surface area contributed by atoms with Gasteiger partial charge >= 0.3 is 0 Å². The lowest BCUT2D eigenvalue weighted by Crippen LogP contribution is -2.27. The molecule has 1 aromatic heterocycles. The SMILES string of the molecule is C#CCN(C)C(=O)c1cnc(C)cn1. The van der Waals surface area contributed by atoms with Crippen molar-refractivity contribution < 1.29 is 4.79 Å². The fourth-order valence-corrected chi connectivity index (χ4v) is 0.907. The van der Waals surface area contributed by atoms with Crippen LogP contribution < -0.4 is 0 Å². The van der Waals surface area contributed by atoms with Crippen LogP contribution in [0.25, 0.3) is 0 Å². The van der Waals surface area contributed by atoms with Gasteiger partial charge in [0.05, 0.1) is 18.4 Å². The predicted molar refractivity (Wildman–Crippen MR) is 52.6 cm³/mol. The van der Waals surface area contributed by atoms with Crippen LogP contribution in [0, 0.1) is 19.3 Å². The van der Waals surface area contributed by atoms with E-state index >= 15 is 0 Å². The second kappa shape index (κ2) is 4.38. The van der Waals surface area contributed by atoms with Crippen molar-refractivity contribution in [1.29, 1.82) is 0 Å². The molecule has 0 spiro atoms. The summed E-state index contributed by atoms with van der Waals surface area (Å²) in [4.78, 5) is 20.9. The Morgan fingerprint density at radius 3 is 2.79 bits per heavy atom. The zero-order valence-electron chi connectivity index (χ0n) is 8.19. The minimum Gasteiger partial charge on any atom is -0.329 e. The van der Waals surface area contributed by atoms with Crippen molar-refractivity contribution in [2.24, 2.45) is 0 Å². The number of nitrogens with zero attached hydrogens (tertiary/aromatic N) is 3. The van der Waals surface area contributed by atoms with E-state index in [1.807, 2.05) is 6.92 Å². The lowest BCUT2D eigenvalue weighted by molar-refractivity contribution is 0.0806. The number of amides is 1. The highest BCUT2D eigenvalue weighted by molar-refractivity contribution is 5.91. The highest BCUT2D eigenvalue weighted by atomic mass is 16.2. The van der Waals surface area contributed by atoms with Gasteiger partial charge in [-0.3, -0.25) is 9.78 Å². The molecule has 0 aliphatic rings. The average molecular weight is 189 g/mol. The Morgan fingerprint density at radius 1 is 1.57 bits per heavy atom. The first-order chi connectivity index (χ1) is 6.65. The van der Waals surface area contributed by atoms with Gasteiger partial charge in [0.15, 0.2) is 0 Å². The second-order valence-corrected chi connectivity index (χ2v) is 2.91. The summed E-state index contributed by atoms with van der Waals surface area (Å²) >= 11 is 0. The highest BCUT2D eigenvalue weighted by Gasteiger charge is 2.11. The Balaban J connectivity index is 2.80.